The number of nitrogen functional groups attached to an aromatic ring is 1. The van der Waals surface area contributed by atoms with Crippen LogP contribution in [0.1, 0.15) is 15.4 Å². The molecule has 1 aromatic rings. The number of hydrogen-bond acceptors (Lipinski definition) is 5. The molecule has 0 bridgehead atoms. The number of hydrogen-bond donors (Lipinski definition) is 2. The molecule has 1 amide bonds. The fourth-order valence-electron chi connectivity index (χ4n) is 1.38. The summed E-state index contributed by atoms with van der Waals surface area (Å²) in [4.78, 5) is 17.9. The van der Waals surface area contributed by atoms with Crippen molar-refractivity contribution in [3.8, 4) is 0 Å². The van der Waals surface area contributed by atoms with Crippen LogP contribution in [0.2, 0.25) is 0 Å². The van der Waals surface area contributed by atoms with Crippen LogP contribution >= 0.6 is 11.3 Å². The average molecular weight is 213 g/mol. The van der Waals surface area contributed by atoms with Crippen molar-refractivity contribution in [3.63, 3.8) is 0 Å². The van der Waals surface area contributed by atoms with Crippen molar-refractivity contribution in [2.24, 2.45) is 0 Å². The molecule has 0 radical (unpaired) electrons. The van der Waals surface area contributed by atoms with Crippen LogP contribution in [-0.2, 0) is 0 Å². The number of amides is 1. The smallest absolute Gasteiger partial charge is 0.266 e. The topological polar surface area (TPSA) is 79.5 Å². The van der Waals surface area contributed by atoms with Crippen molar-refractivity contribution in [2.45, 2.75) is 13.0 Å². The van der Waals surface area contributed by atoms with E-state index in [0.29, 0.717) is 28.8 Å². The predicted octanol–water partition coefficient (Wildman–Crippen LogP) is -0.150. The van der Waals surface area contributed by atoms with Crippen molar-refractivity contribution in [3.05, 3.63) is 10.6 Å². The second-order valence-corrected chi connectivity index (χ2v) is 4.36. The number of carbonyl (C=O) groups is 1. The van der Waals surface area contributed by atoms with Crippen LogP contribution in [0.3, 0.4) is 0 Å². The van der Waals surface area contributed by atoms with Gasteiger partial charge < -0.3 is 15.7 Å². The number of nitrogens with zero attached hydrogens (tertiary/aromatic N) is 2. The fourth-order valence-corrected chi connectivity index (χ4v) is 2.18. The first-order valence-electron chi connectivity index (χ1n) is 4.28. The van der Waals surface area contributed by atoms with Gasteiger partial charge in [0.05, 0.1) is 11.8 Å². The molecule has 1 aliphatic rings. The molecule has 5 nitrogen and oxygen atoms in total. The van der Waals surface area contributed by atoms with Crippen LogP contribution in [0, 0.1) is 6.92 Å². The largest absolute Gasteiger partial charge is 0.389 e. The van der Waals surface area contributed by atoms with Gasteiger partial charge in [0.2, 0.25) is 0 Å². The number of thiazole rings is 1. The molecular formula is C8H11N3O2S. The molecule has 1 aromatic heterocycles. The van der Waals surface area contributed by atoms with E-state index in [1.165, 1.54) is 11.3 Å². The SMILES string of the molecule is Cc1nc(N)sc1C(=O)N1CC(O)C1. The Morgan fingerprint density at radius 1 is 1.71 bits per heavy atom. The van der Waals surface area contributed by atoms with E-state index in [-0.39, 0.29) is 12.0 Å². The van der Waals surface area contributed by atoms with Crippen LogP contribution in [0.4, 0.5) is 5.13 Å². The summed E-state index contributed by atoms with van der Waals surface area (Å²) >= 11 is 1.20. The molecule has 0 spiro atoms. The zero-order chi connectivity index (χ0) is 10.3. The molecular weight excluding hydrogens is 202 g/mol. The summed E-state index contributed by atoms with van der Waals surface area (Å²) < 4.78 is 0. The third-order valence-corrected chi connectivity index (χ3v) is 3.13. The molecule has 76 valence electrons. The summed E-state index contributed by atoms with van der Waals surface area (Å²) in [7, 11) is 0. The lowest BCUT2D eigenvalue weighted by molar-refractivity contribution is 0.00616. The Morgan fingerprint density at radius 3 is 2.79 bits per heavy atom. The molecule has 2 heterocycles. The van der Waals surface area contributed by atoms with E-state index in [1.807, 2.05) is 0 Å². The number of likely N-dealkylation sites (tertiary alicyclic amines) is 1. The maximum atomic E-state index is 11.7. The molecule has 1 aliphatic heterocycles. The maximum absolute atomic E-state index is 11.7. The summed E-state index contributed by atoms with van der Waals surface area (Å²) in [5.74, 6) is -0.0815. The Labute approximate surface area is 85.2 Å². The summed E-state index contributed by atoms with van der Waals surface area (Å²) in [6.07, 6.45) is -0.371. The van der Waals surface area contributed by atoms with E-state index >= 15 is 0 Å². The standard InChI is InChI=1S/C8H11N3O2S/c1-4-6(14-8(9)10-4)7(13)11-2-5(12)3-11/h5,12H,2-3H2,1H3,(H2,9,10). The van der Waals surface area contributed by atoms with Gasteiger partial charge in [-0.25, -0.2) is 4.98 Å². The second-order valence-electron chi connectivity index (χ2n) is 3.33. The highest BCUT2D eigenvalue weighted by atomic mass is 32.1. The van der Waals surface area contributed by atoms with Gasteiger partial charge in [-0.15, -0.1) is 0 Å². The van der Waals surface area contributed by atoms with E-state index in [0.717, 1.165) is 0 Å². The molecule has 0 saturated carbocycles. The first kappa shape index (κ1) is 9.42. The third kappa shape index (κ3) is 1.46. The average Bonchev–Trinajstić information content (AvgIpc) is 2.39. The van der Waals surface area contributed by atoms with Crippen LogP contribution in [0.15, 0.2) is 0 Å². The zero-order valence-corrected chi connectivity index (χ0v) is 8.54. The van der Waals surface area contributed by atoms with Gasteiger partial charge in [0.15, 0.2) is 5.13 Å². The predicted molar refractivity (Wildman–Crippen MR) is 53.2 cm³/mol. The van der Waals surface area contributed by atoms with Gasteiger partial charge in [-0.05, 0) is 6.92 Å². The highest BCUT2D eigenvalue weighted by molar-refractivity contribution is 7.17. The van der Waals surface area contributed by atoms with Crippen molar-refractivity contribution in [1.29, 1.82) is 0 Å². The number of aliphatic hydroxyl groups is 1. The lowest BCUT2D eigenvalue weighted by atomic mass is 10.1. The van der Waals surface area contributed by atoms with E-state index in [9.17, 15) is 4.79 Å². The van der Waals surface area contributed by atoms with Crippen LogP contribution < -0.4 is 5.73 Å². The Hall–Kier alpha value is -1.14. The summed E-state index contributed by atoms with van der Waals surface area (Å²) in [6.45, 7) is 2.59. The van der Waals surface area contributed by atoms with Crippen molar-refractivity contribution >= 4 is 22.4 Å². The Kier molecular flexibility index (Phi) is 2.16. The minimum atomic E-state index is -0.371. The van der Waals surface area contributed by atoms with Gasteiger partial charge in [0.1, 0.15) is 4.88 Å². The zero-order valence-electron chi connectivity index (χ0n) is 7.73. The number of anilines is 1. The van der Waals surface area contributed by atoms with Gasteiger partial charge in [-0.1, -0.05) is 11.3 Å². The summed E-state index contributed by atoms with van der Waals surface area (Å²) in [6, 6.07) is 0. The molecule has 6 heteroatoms. The summed E-state index contributed by atoms with van der Waals surface area (Å²) in [5.41, 5.74) is 6.16. The number of rotatable bonds is 1. The molecule has 1 fully saturated rings. The molecule has 1 saturated heterocycles. The van der Waals surface area contributed by atoms with Crippen LogP contribution in [0.5, 0.6) is 0 Å². The number of aliphatic hydroxyl groups excluding tert-OH is 1. The third-order valence-electron chi connectivity index (χ3n) is 2.16. The normalized spacial score (nSPS) is 16.9. The number of aromatic nitrogens is 1. The second kappa shape index (κ2) is 3.21. The monoisotopic (exact) mass is 213 g/mol. The van der Waals surface area contributed by atoms with Gasteiger partial charge >= 0.3 is 0 Å². The first-order chi connectivity index (χ1) is 6.58. The van der Waals surface area contributed by atoms with Gasteiger partial charge in [-0.2, -0.15) is 0 Å². The first-order valence-corrected chi connectivity index (χ1v) is 5.10. The molecule has 0 aromatic carbocycles. The highest BCUT2D eigenvalue weighted by Crippen LogP contribution is 2.23. The number of β-amino-alcohol motifs (C(OH)–C–C–N with tert-alkyl or cyclic N) is 1. The number of carbonyl (C=O) groups excluding carboxylic acids is 1. The van der Waals surface area contributed by atoms with Gasteiger partial charge in [0, 0.05) is 13.1 Å². The summed E-state index contributed by atoms with van der Waals surface area (Å²) in [5, 5.41) is 9.47. The van der Waals surface area contributed by atoms with E-state index < -0.39 is 0 Å². The van der Waals surface area contributed by atoms with E-state index in [1.54, 1.807) is 11.8 Å². The Bertz CT molecular complexity index is 371. The van der Waals surface area contributed by atoms with Crippen molar-refractivity contribution < 1.29 is 9.90 Å². The number of nitrogens with two attached hydrogens (primary N) is 1. The lowest BCUT2D eigenvalue weighted by Gasteiger charge is -2.35. The quantitative estimate of drug-likeness (QED) is 0.680. The highest BCUT2D eigenvalue weighted by Gasteiger charge is 2.31. The minimum absolute atomic E-state index is 0.0815. The van der Waals surface area contributed by atoms with Gasteiger partial charge in [-0.3, -0.25) is 4.79 Å². The molecule has 2 rings (SSSR count). The fraction of sp³-hybridized carbons (Fsp3) is 0.500. The lowest BCUT2D eigenvalue weighted by Crippen LogP contribution is -2.53. The van der Waals surface area contributed by atoms with E-state index in [2.05, 4.69) is 4.98 Å². The Balaban J connectivity index is 2.15. The molecule has 0 aliphatic carbocycles. The molecule has 3 N–H and O–H groups in total. The molecule has 0 unspecified atom stereocenters. The molecule has 0 atom stereocenters. The van der Waals surface area contributed by atoms with Crippen LogP contribution in [-0.4, -0.2) is 40.1 Å². The minimum Gasteiger partial charge on any atom is -0.389 e. The number of aryl methyl sites for hydroxylation is 1. The Morgan fingerprint density at radius 2 is 2.36 bits per heavy atom. The maximum Gasteiger partial charge on any atom is 0.266 e. The van der Waals surface area contributed by atoms with E-state index in [4.69, 9.17) is 10.8 Å². The molecule has 14 heavy (non-hydrogen) atoms. The van der Waals surface area contributed by atoms with Gasteiger partial charge in [0.25, 0.3) is 5.91 Å². The van der Waals surface area contributed by atoms with Crippen molar-refractivity contribution in [2.75, 3.05) is 18.8 Å². The van der Waals surface area contributed by atoms with Crippen molar-refractivity contribution in [1.82, 2.24) is 9.88 Å². The van der Waals surface area contributed by atoms with Crippen LogP contribution in [0.25, 0.3) is 0 Å².